The van der Waals surface area contributed by atoms with Gasteiger partial charge in [0.25, 0.3) is 5.91 Å². The molecule has 2 aromatic rings. The Hall–Kier alpha value is -3.15. The van der Waals surface area contributed by atoms with E-state index >= 15 is 0 Å². The average Bonchev–Trinajstić information content (AvgIpc) is 3.22. The Balaban J connectivity index is 1.45. The third-order valence-electron chi connectivity index (χ3n) is 7.60. The van der Waals surface area contributed by atoms with E-state index in [1.54, 1.807) is 20.8 Å². The number of alkyl halides is 1. The summed E-state index contributed by atoms with van der Waals surface area (Å²) in [5, 5.41) is 5.62. The molecule has 0 unspecified atom stereocenters. The minimum absolute atomic E-state index is 0.0782. The van der Waals surface area contributed by atoms with E-state index in [1.807, 2.05) is 41.3 Å². The number of benzene rings is 2. The zero-order valence-electron chi connectivity index (χ0n) is 23.9. The fourth-order valence-corrected chi connectivity index (χ4v) is 6.08. The Labute approximate surface area is 255 Å². The first kappa shape index (κ1) is 30.8. The number of hydrogen-bond donors (Lipinski definition) is 3. The Morgan fingerprint density at radius 3 is 2.32 bits per heavy atom. The van der Waals surface area contributed by atoms with E-state index in [4.69, 9.17) is 10.5 Å². The van der Waals surface area contributed by atoms with Gasteiger partial charge in [-0.05, 0) is 68.0 Å². The summed E-state index contributed by atoms with van der Waals surface area (Å²) in [5.41, 5.74) is 8.46. The number of hydrogen-bond acceptors (Lipinski definition) is 5. The second-order valence-corrected chi connectivity index (χ2v) is 13.0. The standard InChI is InChI=1S/C31H39IN4O5/c1-30(2,3)41-29(40)35-31(13-5-4-6-14-31)28(39)34-25(26(33)37)17-20-7-9-21(10-8-20)22-11-12-24-23(18-22)19-36(16-15-32)27(24)38/h7-12,18,25H,4-6,13-17,19H2,1-3H3,(H2,33,37)(H,34,39)(H,35,40)/t25-/m0/s1. The van der Waals surface area contributed by atoms with Crippen molar-refractivity contribution in [2.75, 3.05) is 11.0 Å². The Morgan fingerprint density at radius 1 is 1.05 bits per heavy atom. The highest BCUT2D eigenvalue weighted by molar-refractivity contribution is 14.1. The van der Waals surface area contributed by atoms with Crippen LogP contribution in [-0.2, 0) is 27.3 Å². The summed E-state index contributed by atoms with van der Waals surface area (Å²) < 4.78 is 6.30. The lowest BCUT2D eigenvalue weighted by atomic mass is 9.80. The first-order valence-electron chi connectivity index (χ1n) is 14.1. The summed E-state index contributed by atoms with van der Waals surface area (Å²) in [6, 6.07) is 12.7. The number of nitrogens with two attached hydrogens (primary N) is 1. The van der Waals surface area contributed by atoms with Crippen LogP contribution >= 0.6 is 22.6 Å². The molecular formula is C31H39IN4O5. The van der Waals surface area contributed by atoms with Crippen molar-refractivity contribution >= 4 is 46.4 Å². The second-order valence-electron chi connectivity index (χ2n) is 11.9. The molecule has 220 valence electrons. The van der Waals surface area contributed by atoms with Crippen molar-refractivity contribution in [1.29, 1.82) is 0 Å². The fraction of sp³-hybridized carbons (Fsp3) is 0.484. The number of nitrogens with one attached hydrogen (secondary N) is 2. The number of fused-ring (bicyclic) bond motifs is 1. The predicted octanol–water partition coefficient (Wildman–Crippen LogP) is 4.48. The number of alkyl carbamates (subject to hydrolysis) is 1. The van der Waals surface area contributed by atoms with Crippen LogP contribution in [0.25, 0.3) is 11.1 Å². The number of amides is 4. The van der Waals surface area contributed by atoms with Gasteiger partial charge in [-0.1, -0.05) is 72.2 Å². The van der Waals surface area contributed by atoms with Gasteiger partial charge in [0.2, 0.25) is 11.8 Å². The Kier molecular flexibility index (Phi) is 9.61. The number of carbonyl (C=O) groups excluding carboxylic acids is 4. The maximum atomic E-state index is 13.5. The third-order valence-corrected chi connectivity index (χ3v) is 8.08. The number of ether oxygens (including phenoxy) is 1. The molecule has 41 heavy (non-hydrogen) atoms. The van der Waals surface area contributed by atoms with Crippen LogP contribution in [0.4, 0.5) is 4.79 Å². The summed E-state index contributed by atoms with van der Waals surface area (Å²) in [6.07, 6.45) is 3.00. The molecule has 4 amide bonds. The quantitative estimate of drug-likeness (QED) is 0.267. The maximum absolute atomic E-state index is 13.5. The normalized spacial score (nSPS) is 17.0. The van der Waals surface area contributed by atoms with Crippen LogP contribution in [0.5, 0.6) is 0 Å². The molecule has 2 aromatic carbocycles. The molecule has 4 N–H and O–H groups in total. The maximum Gasteiger partial charge on any atom is 0.408 e. The van der Waals surface area contributed by atoms with E-state index in [9.17, 15) is 19.2 Å². The largest absolute Gasteiger partial charge is 0.444 e. The van der Waals surface area contributed by atoms with E-state index in [2.05, 4.69) is 39.3 Å². The topological polar surface area (TPSA) is 131 Å². The monoisotopic (exact) mass is 674 g/mol. The molecule has 0 spiro atoms. The van der Waals surface area contributed by atoms with Crippen LogP contribution in [0.2, 0.25) is 0 Å². The van der Waals surface area contributed by atoms with Crippen molar-refractivity contribution < 1.29 is 23.9 Å². The molecule has 1 saturated carbocycles. The number of halogens is 1. The van der Waals surface area contributed by atoms with Gasteiger partial charge in [-0.2, -0.15) is 0 Å². The smallest absolute Gasteiger partial charge is 0.408 e. The molecule has 9 nitrogen and oxygen atoms in total. The minimum Gasteiger partial charge on any atom is -0.444 e. The number of primary amides is 1. The molecule has 1 aliphatic carbocycles. The van der Waals surface area contributed by atoms with Gasteiger partial charge in [-0.25, -0.2) is 4.79 Å². The highest BCUT2D eigenvalue weighted by Gasteiger charge is 2.43. The van der Waals surface area contributed by atoms with Crippen molar-refractivity contribution in [2.45, 2.75) is 83.0 Å². The Morgan fingerprint density at radius 2 is 1.71 bits per heavy atom. The van der Waals surface area contributed by atoms with Gasteiger partial charge in [0.05, 0.1) is 0 Å². The highest BCUT2D eigenvalue weighted by Crippen LogP contribution is 2.31. The summed E-state index contributed by atoms with van der Waals surface area (Å²) in [5.74, 6) is -0.993. The molecular weight excluding hydrogens is 635 g/mol. The molecule has 1 aliphatic heterocycles. The van der Waals surface area contributed by atoms with E-state index in [0.717, 1.165) is 58.1 Å². The van der Waals surface area contributed by atoms with Crippen molar-refractivity contribution in [2.24, 2.45) is 5.73 Å². The first-order valence-corrected chi connectivity index (χ1v) is 15.6. The molecule has 1 atom stereocenters. The SMILES string of the molecule is CC(C)(C)OC(=O)NC1(C(=O)N[C@@H](Cc2ccc(-c3ccc4c(c3)CN(CCI)C4=O)cc2)C(N)=O)CCCCC1. The van der Waals surface area contributed by atoms with Crippen LogP contribution in [0, 0.1) is 0 Å². The lowest BCUT2D eigenvalue weighted by Gasteiger charge is -2.37. The van der Waals surface area contributed by atoms with Gasteiger partial charge in [-0.15, -0.1) is 0 Å². The molecule has 2 aliphatic rings. The number of nitrogens with zero attached hydrogens (tertiary/aromatic N) is 1. The van der Waals surface area contributed by atoms with Crippen LogP contribution < -0.4 is 16.4 Å². The van der Waals surface area contributed by atoms with Gasteiger partial charge in [0.1, 0.15) is 17.2 Å². The number of carbonyl (C=O) groups is 4. The van der Waals surface area contributed by atoms with Gasteiger partial charge < -0.3 is 26.0 Å². The van der Waals surface area contributed by atoms with E-state index in [0.29, 0.717) is 19.4 Å². The van der Waals surface area contributed by atoms with Crippen molar-refractivity contribution in [3.63, 3.8) is 0 Å². The second kappa shape index (κ2) is 12.8. The highest BCUT2D eigenvalue weighted by atomic mass is 127. The zero-order chi connectivity index (χ0) is 29.8. The lowest BCUT2D eigenvalue weighted by molar-refractivity contribution is -0.133. The Bertz CT molecular complexity index is 1300. The fourth-order valence-electron chi connectivity index (χ4n) is 5.49. The average molecular weight is 675 g/mol. The van der Waals surface area contributed by atoms with Crippen LogP contribution in [0.1, 0.15) is 74.4 Å². The molecule has 0 saturated heterocycles. The van der Waals surface area contributed by atoms with E-state index < -0.39 is 35.1 Å². The summed E-state index contributed by atoms with van der Waals surface area (Å²) in [4.78, 5) is 53.0. The molecule has 4 rings (SSSR count). The van der Waals surface area contributed by atoms with E-state index in [1.165, 1.54) is 0 Å². The lowest BCUT2D eigenvalue weighted by Crippen LogP contribution is -2.63. The van der Waals surface area contributed by atoms with Crippen molar-refractivity contribution in [3.8, 4) is 11.1 Å². The molecule has 1 heterocycles. The van der Waals surface area contributed by atoms with Gasteiger partial charge in [0.15, 0.2) is 0 Å². The minimum atomic E-state index is -1.15. The van der Waals surface area contributed by atoms with Crippen LogP contribution in [0.15, 0.2) is 42.5 Å². The molecule has 10 heteroatoms. The van der Waals surface area contributed by atoms with Crippen molar-refractivity contribution in [3.05, 3.63) is 59.2 Å². The molecule has 0 aromatic heterocycles. The predicted molar refractivity (Wildman–Crippen MR) is 166 cm³/mol. The van der Waals surface area contributed by atoms with Crippen LogP contribution in [-0.4, -0.2) is 56.9 Å². The van der Waals surface area contributed by atoms with Gasteiger partial charge in [-0.3, -0.25) is 14.4 Å². The van der Waals surface area contributed by atoms with Crippen LogP contribution in [0.3, 0.4) is 0 Å². The molecule has 0 radical (unpaired) electrons. The van der Waals surface area contributed by atoms with Gasteiger partial charge >= 0.3 is 6.09 Å². The first-order chi connectivity index (χ1) is 19.4. The van der Waals surface area contributed by atoms with Gasteiger partial charge in [0, 0.05) is 29.5 Å². The molecule has 0 bridgehead atoms. The van der Waals surface area contributed by atoms with E-state index in [-0.39, 0.29) is 12.3 Å². The molecule has 1 fully saturated rings. The third kappa shape index (κ3) is 7.58. The van der Waals surface area contributed by atoms with Crippen molar-refractivity contribution in [1.82, 2.24) is 15.5 Å². The summed E-state index contributed by atoms with van der Waals surface area (Å²) >= 11 is 2.28. The summed E-state index contributed by atoms with van der Waals surface area (Å²) in [7, 11) is 0. The summed E-state index contributed by atoms with van der Waals surface area (Å²) in [6.45, 7) is 6.64. The zero-order valence-corrected chi connectivity index (χ0v) is 26.1. The number of rotatable bonds is 9.